The Morgan fingerprint density at radius 1 is 1.06 bits per heavy atom. The number of amides is 1. The summed E-state index contributed by atoms with van der Waals surface area (Å²) in [4.78, 5) is 30.4. The van der Waals surface area contributed by atoms with Crippen molar-refractivity contribution in [2.75, 3.05) is 11.9 Å². The molecule has 1 N–H and O–H groups in total. The van der Waals surface area contributed by atoms with Crippen molar-refractivity contribution < 1.29 is 9.53 Å². The Labute approximate surface area is 193 Å². The van der Waals surface area contributed by atoms with Crippen molar-refractivity contribution in [3.63, 3.8) is 0 Å². The number of benzene rings is 3. The highest BCUT2D eigenvalue weighted by Crippen LogP contribution is 2.18. The average Bonchev–Trinajstić information content (AvgIpc) is 3.31. The van der Waals surface area contributed by atoms with Crippen LogP contribution in [0.3, 0.4) is 0 Å². The van der Waals surface area contributed by atoms with E-state index in [9.17, 15) is 9.59 Å². The molecule has 0 saturated carbocycles. The average molecular weight is 456 g/mol. The molecule has 3 aromatic carbocycles. The topological polar surface area (TPSA) is 72.7 Å². The van der Waals surface area contributed by atoms with Crippen LogP contribution in [0.15, 0.2) is 71.5 Å². The lowest BCUT2D eigenvalue weighted by molar-refractivity contribution is -0.118. The number of nitrogens with zero attached hydrogens (tertiary/aromatic N) is 2. The number of para-hydroxylation sites is 2. The minimum absolute atomic E-state index is 0.0946. The number of aryl methyl sites for hydroxylation is 2. The Kier molecular flexibility index (Phi) is 5.40. The van der Waals surface area contributed by atoms with Crippen LogP contribution in [0.5, 0.6) is 5.75 Å². The van der Waals surface area contributed by atoms with E-state index in [4.69, 9.17) is 4.74 Å². The van der Waals surface area contributed by atoms with Crippen molar-refractivity contribution in [1.82, 2.24) is 9.38 Å². The summed E-state index contributed by atoms with van der Waals surface area (Å²) in [7, 11) is 0. The van der Waals surface area contributed by atoms with E-state index in [0.717, 1.165) is 27.8 Å². The Morgan fingerprint density at radius 3 is 2.76 bits per heavy atom. The Balaban J connectivity index is 1.33. The van der Waals surface area contributed by atoms with Gasteiger partial charge in [0.05, 0.1) is 15.6 Å². The summed E-state index contributed by atoms with van der Waals surface area (Å²) in [6.07, 6.45) is 1.82. The summed E-state index contributed by atoms with van der Waals surface area (Å²) < 4.78 is 7.91. The van der Waals surface area contributed by atoms with E-state index in [-0.39, 0.29) is 18.1 Å². The Bertz CT molecular complexity index is 1620. The number of imidazole rings is 1. The Morgan fingerprint density at radius 2 is 1.91 bits per heavy atom. The number of carbonyl (C=O) groups excluding carboxylic acids is 1. The largest absolute Gasteiger partial charge is 0.484 e. The molecule has 5 rings (SSSR count). The van der Waals surface area contributed by atoms with Crippen molar-refractivity contribution in [1.29, 1.82) is 0 Å². The van der Waals surface area contributed by atoms with Gasteiger partial charge in [-0.05, 0) is 73.0 Å². The molecule has 0 aliphatic carbocycles. The van der Waals surface area contributed by atoms with Crippen LogP contribution in [-0.2, 0) is 4.79 Å². The highest BCUT2D eigenvalue weighted by molar-refractivity contribution is 7.15. The number of thiazole rings is 1. The van der Waals surface area contributed by atoms with Gasteiger partial charge in [0, 0.05) is 5.69 Å². The molecule has 2 heterocycles. The second-order valence-electron chi connectivity index (χ2n) is 7.84. The summed E-state index contributed by atoms with van der Waals surface area (Å²) in [6, 6.07) is 20.7. The molecule has 7 heteroatoms. The number of anilines is 1. The van der Waals surface area contributed by atoms with Gasteiger partial charge in [0.25, 0.3) is 11.5 Å². The van der Waals surface area contributed by atoms with Crippen molar-refractivity contribution in [3.05, 3.63) is 98.3 Å². The predicted molar refractivity (Wildman–Crippen MR) is 132 cm³/mol. The zero-order chi connectivity index (χ0) is 22.9. The molecule has 1 amide bonds. The molecule has 0 radical (unpaired) electrons. The number of hydrogen-bond donors (Lipinski definition) is 1. The second-order valence-corrected chi connectivity index (χ2v) is 8.85. The number of nitrogens with one attached hydrogen (secondary N) is 1. The van der Waals surface area contributed by atoms with Crippen LogP contribution >= 0.6 is 11.3 Å². The Hall–Kier alpha value is -3.97. The van der Waals surface area contributed by atoms with Gasteiger partial charge in [0.15, 0.2) is 11.6 Å². The first-order valence-corrected chi connectivity index (χ1v) is 11.3. The second kappa shape index (κ2) is 8.52. The number of fused-ring (bicyclic) bond motifs is 3. The van der Waals surface area contributed by atoms with Crippen LogP contribution in [0, 0.1) is 13.8 Å². The lowest BCUT2D eigenvalue weighted by Crippen LogP contribution is -2.22. The zero-order valence-electron chi connectivity index (χ0n) is 18.2. The zero-order valence-corrected chi connectivity index (χ0v) is 19.0. The highest BCUT2D eigenvalue weighted by Gasteiger charge is 2.11. The molecule has 0 bridgehead atoms. The van der Waals surface area contributed by atoms with E-state index in [1.165, 1.54) is 16.9 Å². The first-order chi connectivity index (χ1) is 16.0. The minimum atomic E-state index is -0.235. The van der Waals surface area contributed by atoms with Crippen molar-refractivity contribution in [2.24, 2.45) is 0 Å². The number of ether oxygens (including phenoxy) is 1. The molecule has 0 saturated heterocycles. The van der Waals surface area contributed by atoms with Crippen LogP contribution in [0.25, 0.3) is 22.1 Å². The van der Waals surface area contributed by atoms with Gasteiger partial charge in [0.2, 0.25) is 0 Å². The fourth-order valence-electron chi connectivity index (χ4n) is 3.62. The standard InChI is InChI=1S/C26H21N3O3S/c1-16-10-11-19(12-17(16)2)27-24(30)15-32-20-7-5-6-18(13-20)14-23-25(31)29-22-9-4-3-8-21(22)28-26(29)33-23/h3-14H,15H2,1-2H3,(H,27,30)/b23-14-. The molecule has 0 aliphatic rings. The SMILES string of the molecule is Cc1ccc(NC(=O)COc2cccc(/C=c3\sc4nc5ccccc5n4c3=O)c2)cc1C. The van der Waals surface area contributed by atoms with E-state index in [2.05, 4.69) is 10.3 Å². The predicted octanol–water partition coefficient (Wildman–Crippen LogP) is 4.09. The molecule has 164 valence electrons. The van der Waals surface area contributed by atoms with Gasteiger partial charge in [-0.25, -0.2) is 9.38 Å². The molecule has 2 aromatic heterocycles. The fourth-order valence-corrected chi connectivity index (χ4v) is 4.61. The molecule has 6 nitrogen and oxygen atoms in total. The van der Waals surface area contributed by atoms with E-state index >= 15 is 0 Å². The normalized spacial score (nSPS) is 11.9. The maximum absolute atomic E-state index is 12.9. The third-order valence-corrected chi connectivity index (χ3v) is 6.43. The monoisotopic (exact) mass is 455 g/mol. The van der Waals surface area contributed by atoms with Gasteiger partial charge in [-0.15, -0.1) is 0 Å². The first-order valence-electron chi connectivity index (χ1n) is 10.5. The summed E-state index contributed by atoms with van der Waals surface area (Å²) >= 11 is 1.35. The summed E-state index contributed by atoms with van der Waals surface area (Å²) in [6.45, 7) is 3.92. The molecule has 0 unspecified atom stereocenters. The molecular weight excluding hydrogens is 434 g/mol. The lowest BCUT2D eigenvalue weighted by Gasteiger charge is -2.09. The van der Waals surface area contributed by atoms with Crippen LogP contribution < -0.4 is 20.1 Å². The van der Waals surface area contributed by atoms with Crippen LogP contribution in [-0.4, -0.2) is 21.9 Å². The van der Waals surface area contributed by atoms with E-state index in [1.807, 2.05) is 80.6 Å². The van der Waals surface area contributed by atoms with Crippen molar-refractivity contribution >= 4 is 45.0 Å². The lowest BCUT2D eigenvalue weighted by atomic mass is 10.1. The van der Waals surface area contributed by atoms with E-state index in [1.54, 1.807) is 10.5 Å². The maximum atomic E-state index is 12.9. The molecule has 0 aliphatic heterocycles. The smallest absolute Gasteiger partial charge is 0.274 e. The summed E-state index contributed by atoms with van der Waals surface area (Å²) in [5, 5.41) is 2.85. The molecule has 0 atom stereocenters. The number of hydrogen-bond acceptors (Lipinski definition) is 5. The first kappa shape index (κ1) is 20.9. The molecule has 33 heavy (non-hydrogen) atoms. The number of carbonyl (C=O) groups is 1. The maximum Gasteiger partial charge on any atom is 0.274 e. The van der Waals surface area contributed by atoms with Gasteiger partial charge >= 0.3 is 0 Å². The van der Waals surface area contributed by atoms with Gasteiger partial charge in [-0.1, -0.05) is 41.7 Å². The quantitative estimate of drug-likeness (QED) is 0.433. The van der Waals surface area contributed by atoms with Crippen LogP contribution in [0.4, 0.5) is 5.69 Å². The third-order valence-electron chi connectivity index (χ3n) is 5.46. The van der Waals surface area contributed by atoms with Crippen molar-refractivity contribution in [3.8, 4) is 5.75 Å². The van der Waals surface area contributed by atoms with Crippen molar-refractivity contribution in [2.45, 2.75) is 13.8 Å². The van der Waals surface area contributed by atoms with Crippen LogP contribution in [0.1, 0.15) is 16.7 Å². The third kappa shape index (κ3) is 4.23. The van der Waals surface area contributed by atoms with Gasteiger partial charge in [0.1, 0.15) is 5.75 Å². The molecule has 0 spiro atoms. The fraction of sp³-hybridized carbons (Fsp3) is 0.115. The minimum Gasteiger partial charge on any atom is -0.484 e. The van der Waals surface area contributed by atoms with Gasteiger partial charge < -0.3 is 10.1 Å². The summed E-state index contributed by atoms with van der Waals surface area (Å²) in [5.74, 6) is 0.319. The van der Waals surface area contributed by atoms with E-state index < -0.39 is 0 Å². The highest BCUT2D eigenvalue weighted by atomic mass is 32.1. The number of rotatable bonds is 5. The number of aromatic nitrogens is 2. The van der Waals surface area contributed by atoms with Crippen LogP contribution in [0.2, 0.25) is 0 Å². The molecular formula is C26H21N3O3S. The molecule has 5 aromatic rings. The van der Waals surface area contributed by atoms with Gasteiger partial charge in [-0.3, -0.25) is 9.59 Å². The summed E-state index contributed by atoms with van der Waals surface area (Å²) in [5.41, 5.74) is 5.36. The van der Waals surface area contributed by atoms with E-state index in [0.29, 0.717) is 15.2 Å². The van der Waals surface area contributed by atoms with Gasteiger partial charge in [-0.2, -0.15) is 0 Å². The molecule has 0 fully saturated rings.